The molecule has 0 fully saturated rings. The molecular formula is C46H25N3OS. The van der Waals surface area contributed by atoms with Gasteiger partial charge in [-0.25, -0.2) is 9.97 Å². The van der Waals surface area contributed by atoms with E-state index >= 15 is 0 Å². The second-order valence-corrected chi connectivity index (χ2v) is 14.3. The number of fused-ring (bicyclic) bond motifs is 16. The van der Waals surface area contributed by atoms with Crippen LogP contribution in [0.2, 0.25) is 0 Å². The van der Waals surface area contributed by atoms with E-state index in [4.69, 9.17) is 14.4 Å². The normalized spacial score (nSPS) is 12.3. The van der Waals surface area contributed by atoms with E-state index in [0.717, 1.165) is 81.5 Å². The highest BCUT2D eigenvalue weighted by Gasteiger charge is 2.26. The van der Waals surface area contributed by atoms with Crippen LogP contribution in [0, 0.1) is 0 Å². The van der Waals surface area contributed by atoms with Crippen molar-refractivity contribution in [2.75, 3.05) is 0 Å². The molecule has 4 nitrogen and oxygen atoms in total. The van der Waals surface area contributed by atoms with Crippen LogP contribution in [0.5, 0.6) is 0 Å². The van der Waals surface area contributed by atoms with E-state index in [2.05, 4.69) is 156 Å². The van der Waals surface area contributed by atoms with Gasteiger partial charge in [0.1, 0.15) is 16.0 Å². The Morgan fingerprint density at radius 1 is 0.471 bits per heavy atom. The lowest BCUT2D eigenvalue weighted by Gasteiger charge is -2.13. The first-order valence-electron chi connectivity index (χ1n) is 17.2. The maximum atomic E-state index is 6.95. The lowest BCUT2D eigenvalue weighted by atomic mass is 9.98. The van der Waals surface area contributed by atoms with E-state index in [-0.39, 0.29) is 0 Å². The molecule has 0 amide bonds. The van der Waals surface area contributed by atoms with Crippen LogP contribution < -0.4 is 0 Å². The third-order valence-corrected chi connectivity index (χ3v) is 11.6. The Morgan fingerprint density at radius 2 is 1.16 bits per heavy atom. The molecule has 0 saturated carbocycles. The van der Waals surface area contributed by atoms with Crippen molar-refractivity contribution in [3.63, 3.8) is 0 Å². The first kappa shape index (κ1) is 27.3. The van der Waals surface area contributed by atoms with Crippen molar-refractivity contribution in [3.8, 4) is 17.2 Å². The average molecular weight is 668 g/mol. The van der Waals surface area contributed by atoms with Crippen molar-refractivity contribution in [1.29, 1.82) is 0 Å². The minimum Gasteiger partial charge on any atom is -0.455 e. The average Bonchev–Trinajstić information content (AvgIpc) is 3.87. The number of hydrogen-bond donors (Lipinski definition) is 0. The summed E-state index contributed by atoms with van der Waals surface area (Å²) in [5, 5.41) is 13.7. The van der Waals surface area contributed by atoms with Gasteiger partial charge in [0.2, 0.25) is 0 Å². The highest BCUT2D eigenvalue weighted by molar-refractivity contribution is 7.25. The van der Waals surface area contributed by atoms with E-state index in [1.807, 2.05) is 0 Å². The van der Waals surface area contributed by atoms with Gasteiger partial charge in [0.25, 0.3) is 0 Å². The molecule has 0 spiro atoms. The standard InChI is InChI=1S/C46H25N3OS/c1-2-13-28-25-29(22-21-26(28)11-1)44-47-45(40-34-18-8-10-20-37(34)51-46(40)48-44)49-36-19-9-7-17-33(36)38-39-35-24-23-27-12-3-4-14-30(27)42(35)50-43(39)32-16-6-5-15-31(32)41(38)49/h1-25H. The van der Waals surface area contributed by atoms with Crippen LogP contribution in [-0.4, -0.2) is 14.5 Å². The van der Waals surface area contributed by atoms with Gasteiger partial charge in [-0.1, -0.05) is 127 Å². The van der Waals surface area contributed by atoms with Crippen molar-refractivity contribution in [1.82, 2.24) is 14.5 Å². The maximum absolute atomic E-state index is 6.95. The van der Waals surface area contributed by atoms with E-state index in [0.29, 0.717) is 5.82 Å². The number of aromatic nitrogens is 3. The van der Waals surface area contributed by atoms with Gasteiger partial charge >= 0.3 is 0 Å². The number of nitrogens with zero attached hydrogens (tertiary/aromatic N) is 3. The lowest BCUT2D eigenvalue weighted by molar-refractivity contribution is 0.676. The van der Waals surface area contributed by atoms with Crippen LogP contribution in [-0.2, 0) is 0 Å². The second-order valence-electron chi connectivity index (χ2n) is 13.3. The number of benzene rings is 8. The zero-order chi connectivity index (χ0) is 33.2. The zero-order valence-electron chi connectivity index (χ0n) is 27.1. The summed E-state index contributed by atoms with van der Waals surface area (Å²) in [5.74, 6) is 1.60. The summed E-state index contributed by atoms with van der Waals surface area (Å²) >= 11 is 1.73. The Labute approximate surface area is 294 Å². The largest absolute Gasteiger partial charge is 0.455 e. The van der Waals surface area contributed by atoms with E-state index in [1.165, 1.54) is 26.2 Å². The highest BCUT2D eigenvalue weighted by Crippen LogP contribution is 2.48. The van der Waals surface area contributed by atoms with Crippen molar-refractivity contribution in [2.45, 2.75) is 0 Å². The van der Waals surface area contributed by atoms with Crippen molar-refractivity contribution < 1.29 is 4.42 Å². The minimum absolute atomic E-state index is 0.714. The first-order valence-corrected chi connectivity index (χ1v) is 18.0. The smallest absolute Gasteiger partial charge is 0.163 e. The molecule has 5 heteroatoms. The Morgan fingerprint density at radius 3 is 2.04 bits per heavy atom. The molecule has 0 radical (unpaired) electrons. The van der Waals surface area contributed by atoms with Gasteiger partial charge in [-0.05, 0) is 40.4 Å². The Balaban J connectivity index is 1.31. The van der Waals surface area contributed by atoms with E-state index in [9.17, 15) is 0 Å². The molecule has 0 aliphatic carbocycles. The maximum Gasteiger partial charge on any atom is 0.163 e. The van der Waals surface area contributed by atoms with Gasteiger partial charge in [-0.15, -0.1) is 11.3 Å². The molecule has 12 aromatic rings. The van der Waals surface area contributed by atoms with Gasteiger partial charge in [0.15, 0.2) is 11.6 Å². The molecular weight excluding hydrogens is 643 g/mol. The number of furan rings is 1. The number of rotatable bonds is 2. The SMILES string of the molecule is c1ccc2cc(-c3nc(-n4c5ccccc5c5c6c7ccc8ccccc8c7oc6c6ccccc6c54)c4c(n3)sc3ccccc34)ccc2c1. The molecule has 0 saturated heterocycles. The van der Waals surface area contributed by atoms with E-state index in [1.54, 1.807) is 11.3 Å². The van der Waals surface area contributed by atoms with Crippen LogP contribution in [0.4, 0.5) is 0 Å². The molecule has 236 valence electrons. The summed E-state index contributed by atoms with van der Waals surface area (Å²) in [6, 6.07) is 53.9. The van der Waals surface area contributed by atoms with Crippen LogP contribution in [0.3, 0.4) is 0 Å². The summed E-state index contributed by atoms with van der Waals surface area (Å²) in [4.78, 5) is 11.8. The number of hydrogen-bond acceptors (Lipinski definition) is 4. The second kappa shape index (κ2) is 10.0. The quantitative estimate of drug-likeness (QED) is 0.184. The predicted molar refractivity (Wildman–Crippen MR) is 214 cm³/mol. The van der Waals surface area contributed by atoms with Crippen LogP contribution >= 0.6 is 11.3 Å². The van der Waals surface area contributed by atoms with Gasteiger partial charge < -0.3 is 4.42 Å². The van der Waals surface area contributed by atoms with Crippen molar-refractivity contribution >= 4 is 108 Å². The summed E-state index contributed by atoms with van der Waals surface area (Å²) in [6.07, 6.45) is 0. The molecule has 0 atom stereocenters. The fourth-order valence-corrected chi connectivity index (χ4v) is 9.41. The fraction of sp³-hybridized carbons (Fsp3) is 0. The topological polar surface area (TPSA) is 43.9 Å². The Bertz CT molecular complexity index is 3440. The summed E-state index contributed by atoms with van der Waals surface area (Å²) in [7, 11) is 0. The molecule has 0 N–H and O–H groups in total. The molecule has 12 rings (SSSR count). The van der Waals surface area contributed by atoms with Crippen LogP contribution in [0.25, 0.3) is 114 Å². The van der Waals surface area contributed by atoms with Gasteiger partial charge in [-0.3, -0.25) is 4.57 Å². The Hall–Kier alpha value is -6.56. The molecule has 0 aliphatic heterocycles. The minimum atomic E-state index is 0.714. The molecule has 8 aromatic carbocycles. The summed E-state index contributed by atoms with van der Waals surface area (Å²) in [5.41, 5.74) is 5.05. The summed E-state index contributed by atoms with van der Waals surface area (Å²) in [6.45, 7) is 0. The Kier molecular flexibility index (Phi) is 5.35. The lowest BCUT2D eigenvalue weighted by Crippen LogP contribution is -2.02. The van der Waals surface area contributed by atoms with Gasteiger partial charge in [0, 0.05) is 53.4 Å². The van der Waals surface area contributed by atoms with Gasteiger partial charge in [-0.2, -0.15) is 0 Å². The highest BCUT2D eigenvalue weighted by atomic mass is 32.1. The van der Waals surface area contributed by atoms with Crippen molar-refractivity contribution in [2.24, 2.45) is 0 Å². The van der Waals surface area contributed by atoms with Crippen molar-refractivity contribution in [3.05, 3.63) is 152 Å². The molecule has 0 bridgehead atoms. The van der Waals surface area contributed by atoms with Crippen LogP contribution in [0.15, 0.2) is 156 Å². The molecule has 4 heterocycles. The molecule has 0 aliphatic rings. The van der Waals surface area contributed by atoms with Crippen LogP contribution in [0.1, 0.15) is 0 Å². The van der Waals surface area contributed by atoms with Gasteiger partial charge in [0.05, 0.1) is 16.4 Å². The number of para-hydroxylation sites is 1. The predicted octanol–water partition coefficient (Wildman–Crippen LogP) is 13.0. The first-order chi connectivity index (χ1) is 25.3. The summed E-state index contributed by atoms with van der Waals surface area (Å²) < 4.78 is 10.5. The molecule has 4 aromatic heterocycles. The molecule has 51 heavy (non-hydrogen) atoms. The van der Waals surface area contributed by atoms with E-state index < -0.39 is 0 Å². The third kappa shape index (κ3) is 3.68. The zero-order valence-corrected chi connectivity index (χ0v) is 27.9. The number of thiophene rings is 1. The third-order valence-electron chi connectivity index (χ3n) is 10.6. The molecule has 0 unspecified atom stereocenters. The fourth-order valence-electron chi connectivity index (χ4n) is 8.34. The monoisotopic (exact) mass is 667 g/mol.